The molecule has 112 valence electrons. The molecule has 4 rings (SSSR count). The second-order valence-corrected chi connectivity index (χ2v) is 6.27. The maximum absolute atomic E-state index is 6.10. The molecule has 3 heteroatoms. The number of hydrogen-bond acceptors (Lipinski definition) is 2. The van der Waals surface area contributed by atoms with Gasteiger partial charge in [0.15, 0.2) is 11.3 Å². The number of fused-ring (bicyclic) bond motifs is 1. The van der Waals surface area contributed by atoms with E-state index >= 15 is 0 Å². The Kier molecular flexibility index (Phi) is 3.50. The first kappa shape index (κ1) is 14.2. The lowest BCUT2D eigenvalue weighted by Gasteiger charge is -2.02. The van der Waals surface area contributed by atoms with Gasteiger partial charge in [-0.05, 0) is 34.5 Å². The van der Waals surface area contributed by atoms with Gasteiger partial charge in [-0.15, -0.1) is 0 Å². The molecular weight excluding hydrogens is 350 g/mol. The van der Waals surface area contributed by atoms with E-state index in [2.05, 4.69) is 41.1 Å². The number of furan rings is 1. The Hall–Kier alpha value is -2.39. The van der Waals surface area contributed by atoms with Crippen LogP contribution in [-0.4, -0.2) is 4.98 Å². The number of aromatic nitrogens is 1. The second-order valence-electron chi connectivity index (χ2n) is 5.48. The quantitative estimate of drug-likeness (QED) is 0.421. The summed E-state index contributed by atoms with van der Waals surface area (Å²) in [5.41, 5.74) is 5.87. The van der Waals surface area contributed by atoms with E-state index in [1.165, 1.54) is 0 Å². The fraction of sp³-hybridized carbons (Fsp3) is 0.0500. The van der Waals surface area contributed by atoms with Gasteiger partial charge in [0.2, 0.25) is 0 Å². The van der Waals surface area contributed by atoms with E-state index in [9.17, 15) is 0 Å². The van der Waals surface area contributed by atoms with Gasteiger partial charge < -0.3 is 4.42 Å². The molecule has 2 nitrogen and oxygen atoms in total. The van der Waals surface area contributed by atoms with Crippen molar-refractivity contribution in [1.82, 2.24) is 4.98 Å². The van der Waals surface area contributed by atoms with Crippen LogP contribution in [0.15, 0.2) is 75.6 Å². The zero-order valence-electron chi connectivity index (χ0n) is 12.6. The Balaban J connectivity index is 1.95. The molecular formula is C20H14BrNO. The maximum atomic E-state index is 6.10. The average Bonchev–Trinajstić information content (AvgIpc) is 2.94. The molecule has 0 saturated carbocycles. The van der Waals surface area contributed by atoms with Gasteiger partial charge in [0.05, 0.1) is 10.2 Å². The number of nitrogens with zero attached hydrogens (tertiary/aromatic N) is 1. The predicted molar refractivity (Wildman–Crippen MR) is 97.3 cm³/mol. The highest BCUT2D eigenvalue weighted by molar-refractivity contribution is 9.10. The molecule has 0 aliphatic carbocycles. The molecule has 2 aromatic heterocycles. The van der Waals surface area contributed by atoms with E-state index in [1.807, 2.05) is 48.5 Å². The molecule has 2 aromatic carbocycles. The molecule has 0 unspecified atom stereocenters. The Morgan fingerprint density at radius 3 is 2.13 bits per heavy atom. The minimum absolute atomic E-state index is 0.821. The predicted octanol–water partition coefficient (Wildman–Crippen LogP) is 6.23. The van der Waals surface area contributed by atoms with Crippen LogP contribution in [0.1, 0.15) is 5.56 Å². The molecule has 4 aromatic rings. The fourth-order valence-electron chi connectivity index (χ4n) is 2.72. The Labute approximate surface area is 142 Å². The van der Waals surface area contributed by atoms with Gasteiger partial charge >= 0.3 is 0 Å². The van der Waals surface area contributed by atoms with E-state index < -0.39 is 0 Å². The van der Waals surface area contributed by atoms with Crippen LogP contribution in [0, 0.1) is 6.92 Å². The zero-order chi connectivity index (χ0) is 15.8. The van der Waals surface area contributed by atoms with Crippen molar-refractivity contribution in [2.24, 2.45) is 0 Å². The van der Waals surface area contributed by atoms with Gasteiger partial charge in [0, 0.05) is 11.1 Å². The van der Waals surface area contributed by atoms with Crippen LogP contribution in [0.25, 0.3) is 33.7 Å². The number of halogens is 1. The van der Waals surface area contributed by atoms with Gasteiger partial charge in [0.1, 0.15) is 5.52 Å². The van der Waals surface area contributed by atoms with E-state index in [0.717, 1.165) is 43.7 Å². The topological polar surface area (TPSA) is 26.0 Å². The summed E-state index contributed by atoms with van der Waals surface area (Å²) in [6, 6.07) is 22.4. The van der Waals surface area contributed by atoms with Gasteiger partial charge in [-0.3, -0.25) is 0 Å². The highest BCUT2D eigenvalue weighted by Crippen LogP contribution is 2.39. The van der Waals surface area contributed by atoms with Crippen LogP contribution in [0.5, 0.6) is 0 Å². The van der Waals surface area contributed by atoms with Crippen LogP contribution < -0.4 is 0 Å². The van der Waals surface area contributed by atoms with Crippen molar-refractivity contribution in [3.63, 3.8) is 0 Å². The van der Waals surface area contributed by atoms with E-state index in [-0.39, 0.29) is 0 Å². The Morgan fingerprint density at radius 1 is 0.870 bits per heavy atom. The molecule has 0 saturated heterocycles. The molecule has 0 atom stereocenters. The van der Waals surface area contributed by atoms with Crippen molar-refractivity contribution in [3.8, 4) is 22.6 Å². The Bertz CT molecular complexity index is 975. The first-order valence-corrected chi connectivity index (χ1v) is 8.24. The summed E-state index contributed by atoms with van der Waals surface area (Å²) in [7, 11) is 0. The summed E-state index contributed by atoms with van der Waals surface area (Å²) in [5.74, 6) is 0.821. The summed E-state index contributed by atoms with van der Waals surface area (Å²) in [5, 5.41) is 0. The lowest BCUT2D eigenvalue weighted by molar-refractivity contribution is 0.626. The van der Waals surface area contributed by atoms with Crippen LogP contribution in [0.2, 0.25) is 0 Å². The van der Waals surface area contributed by atoms with E-state index in [1.54, 1.807) is 0 Å². The summed E-state index contributed by atoms with van der Waals surface area (Å²) < 4.78 is 7.00. The minimum atomic E-state index is 0.821. The molecule has 0 radical (unpaired) electrons. The fourth-order valence-corrected chi connectivity index (χ4v) is 3.30. The molecule has 0 aliphatic heterocycles. The van der Waals surface area contributed by atoms with Crippen molar-refractivity contribution in [1.29, 1.82) is 0 Å². The summed E-state index contributed by atoms with van der Waals surface area (Å²) in [6.45, 7) is 2.06. The van der Waals surface area contributed by atoms with Crippen molar-refractivity contribution >= 4 is 27.0 Å². The average molecular weight is 364 g/mol. The smallest absolute Gasteiger partial charge is 0.157 e. The molecule has 0 amide bonds. The van der Waals surface area contributed by atoms with E-state index in [0.29, 0.717) is 0 Å². The van der Waals surface area contributed by atoms with Crippen LogP contribution >= 0.6 is 15.9 Å². The highest BCUT2D eigenvalue weighted by atomic mass is 79.9. The third kappa shape index (κ3) is 2.47. The van der Waals surface area contributed by atoms with Gasteiger partial charge in [-0.2, -0.15) is 0 Å². The summed E-state index contributed by atoms with van der Waals surface area (Å²) in [4.78, 5) is 4.81. The first-order chi connectivity index (χ1) is 11.2. The number of benzene rings is 2. The third-order valence-corrected chi connectivity index (χ3v) is 4.61. The van der Waals surface area contributed by atoms with Crippen molar-refractivity contribution < 1.29 is 4.42 Å². The molecule has 0 fully saturated rings. The third-order valence-electron chi connectivity index (χ3n) is 3.88. The highest BCUT2D eigenvalue weighted by Gasteiger charge is 2.17. The first-order valence-electron chi connectivity index (χ1n) is 7.44. The SMILES string of the molecule is Cc1cc(-c2ccccc2)nc2c(Br)c(-c3ccccc3)oc12. The lowest BCUT2D eigenvalue weighted by atomic mass is 10.1. The molecule has 0 aliphatic rings. The number of rotatable bonds is 2. The second kappa shape index (κ2) is 5.67. The van der Waals surface area contributed by atoms with E-state index in [4.69, 9.17) is 9.40 Å². The van der Waals surface area contributed by atoms with Gasteiger partial charge in [-0.1, -0.05) is 60.7 Å². The lowest BCUT2D eigenvalue weighted by Crippen LogP contribution is -1.86. The maximum Gasteiger partial charge on any atom is 0.157 e. The normalized spacial score (nSPS) is 11.0. The van der Waals surface area contributed by atoms with Crippen molar-refractivity contribution in [3.05, 3.63) is 76.8 Å². The zero-order valence-corrected chi connectivity index (χ0v) is 14.2. The standard InChI is InChI=1S/C20H14BrNO/c1-13-12-16(14-8-4-2-5-9-14)22-18-17(21)20(23-19(13)18)15-10-6-3-7-11-15/h2-12H,1H3. The van der Waals surface area contributed by atoms with Crippen LogP contribution in [-0.2, 0) is 0 Å². The largest absolute Gasteiger partial charge is 0.453 e. The molecule has 0 spiro atoms. The van der Waals surface area contributed by atoms with Crippen LogP contribution in [0.3, 0.4) is 0 Å². The summed E-state index contributed by atoms with van der Waals surface area (Å²) >= 11 is 3.67. The molecule has 0 bridgehead atoms. The van der Waals surface area contributed by atoms with Crippen molar-refractivity contribution in [2.75, 3.05) is 0 Å². The number of pyridine rings is 1. The Morgan fingerprint density at radius 2 is 1.48 bits per heavy atom. The molecule has 23 heavy (non-hydrogen) atoms. The monoisotopic (exact) mass is 363 g/mol. The van der Waals surface area contributed by atoms with Crippen LogP contribution in [0.4, 0.5) is 0 Å². The van der Waals surface area contributed by atoms with Gasteiger partial charge in [0.25, 0.3) is 0 Å². The summed E-state index contributed by atoms with van der Waals surface area (Å²) in [6.07, 6.45) is 0. The molecule has 0 N–H and O–H groups in total. The minimum Gasteiger partial charge on any atom is -0.453 e. The number of hydrogen-bond donors (Lipinski definition) is 0. The number of aryl methyl sites for hydroxylation is 1. The van der Waals surface area contributed by atoms with Gasteiger partial charge in [-0.25, -0.2) is 4.98 Å². The molecule has 2 heterocycles. The van der Waals surface area contributed by atoms with Crippen molar-refractivity contribution in [2.45, 2.75) is 6.92 Å².